The lowest BCUT2D eigenvalue weighted by molar-refractivity contribution is 0.0157. The summed E-state index contributed by atoms with van der Waals surface area (Å²) in [6, 6.07) is 0. The molecule has 3 nitrogen and oxygen atoms in total. The zero-order valence-corrected chi connectivity index (χ0v) is 11.3. The summed E-state index contributed by atoms with van der Waals surface area (Å²) < 4.78 is 5.26. The molecule has 1 atom stereocenters. The first-order valence-electron chi connectivity index (χ1n) is 5.63. The van der Waals surface area contributed by atoms with E-state index in [1.807, 2.05) is 0 Å². The van der Waals surface area contributed by atoms with Crippen molar-refractivity contribution in [2.24, 2.45) is 0 Å². The quantitative estimate of drug-likeness (QED) is 0.744. The monoisotopic (exact) mass is 245 g/mol. The highest BCUT2D eigenvalue weighted by Gasteiger charge is 2.13. The number of rotatable bonds is 3. The van der Waals surface area contributed by atoms with Crippen LogP contribution < -0.4 is 0 Å². The molecule has 0 radical (unpaired) electrons. The van der Waals surface area contributed by atoms with Gasteiger partial charge in [-0.3, -0.25) is 4.90 Å². The average Bonchev–Trinajstić information content (AvgIpc) is 2.17. The Kier molecular flexibility index (Phi) is 5.63. The van der Waals surface area contributed by atoms with Gasteiger partial charge in [-0.15, -0.1) is 0 Å². The molecule has 1 heterocycles. The first-order valence-corrected chi connectivity index (χ1v) is 8.49. The maximum Gasteiger partial charge on any atom is 0.0776 e. The van der Waals surface area contributed by atoms with Gasteiger partial charge in [-0.25, -0.2) is 0 Å². The van der Waals surface area contributed by atoms with E-state index in [1.54, 1.807) is 0 Å². The Labute approximate surface area is 100 Å². The van der Waals surface area contributed by atoms with E-state index in [4.69, 9.17) is 4.74 Å². The van der Waals surface area contributed by atoms with E-state index in [9.17, 15) is 5.11 Å². The Morgan fingerprint density at radius 1 is 1.31 bits per heavy atom. The van der Waals surface area contributed by atoms with Crippen LogP contribution in [0.25, 0.3) is 0 Å². The molecule has 1 unspecified atom stereocenters. The molecule has 4 heteroatoms. The number of aliphatic hydroxyl groups is 1. The van der Waals surface area contributed by atoms with Crippen molar-refractivity contribution in [3.8, 4) is 11.2 Å². The van der Waals surface area contributed by atoms with Crippen LogP contribution in [0.3, 0.4) is 0 Å². The van der Waals surface area contributed by atoms with Crippen molar-refractivity contribution in [3.63, 3.8) is 0 Å². The zero-order valence-electron chi connectivity index (χ0n) is 10.5. The second-order valence-corrected chi connectivity index (χ2v) is 8.77. The molecule has 1 N–H and O–H groups in total. The maximum atomic E-state index is 9.82. The SMILES string of the molecule is CS(C)(C)C#CCC(O)CN1CCOCC1. The molecule has 0 spiro atoms. The molecule has 1 aliphatic heterocycles. The van der Waals surface area contributed by atoms with E-state index >= 15 is 0 Å². The Bertz CT molecular complexity index is 258. The number of hydrogen-bond acceptors (Lipinski definition) is 3. The molecule has 0 aliphatic carbocycles. The minimum atomic E-state index is -0.759. The van der Waals surface area contributed by atoms with Gasteiger partial charge in [-0.2, -0.15) is 10.0 Å². The minimum absolute atomic E-state index is 0.327. The molecule has 0 aromatic carbocycles. The van der Waals surface area contributed by atoms with Crippen LogP contribution in [-0.2, 0) is 4.74 Å². The van der Waals surface area contributed by atoms with Crippen molar-refractivity contribution >= 4 is 10.0 Å². The van der Waals surface area contributed by atoms with Gasteiger partial charge in [0.05, 0.1) is 19.3 Å². The summed E-state index contributed by atoms with van der Waals surface area (Å²) in [5.41, 5.74) is 0. The molecule has 1 saturated heterocycles. The first-order chi connectivity index (χ1) is 7.47. The van der Waals surface area contributed by atoms with Crippen LogP contribution in [0.1, 0.15) is 6.42 Å². The van der Waals surface area contributed by atoms with Gasteiger partial charge >= 0.3 is 0 Å². The predicted octanol–water partition coefficient (Wildman–Crippen LogP) is 0.724. The smallest absolute Gasteiger partial charge is 0.0776 e. The summed E-state index contributed by atoms with van der Waals surface area (Å²) in [6.45, 7) is 4.14. The number of hydrogen-bond donors (Lipinski definition) is 1. The fraction of sp³-hybridized carbons (Fsp3) is 0.833. The van der Waals surface area contributed by atoms with Crippen molar-refractivity contribution in [2.75, 3.05) is 51.6 Å². The number of β-amino-alcohol motifs (C(OH)–C–C–N with tert-alkyl or cyclic N) is 1. The minimum Gasteiger partial charge on any atom is -0.391 e. The van der Waals surface area contributed by atoms with Gasteiger partial charge in [0.25, 0.3) is 0 Å². The molecule has 0 amide bonds. The van der Waals surface area contributed by atoms with Crippen LogP contribution in [0.4, 0.5) is 0 Å². The predicted molar refractivity (Wildman–Crippen MR) is 71.0 cm³/mol. The molecule has 1 aliphatic rings. The molecule has 1 rings (SSSR count). The molecule has 0 bridgehead atoms. The lowest BCUT2D eigenvalue weighted by Crippen LogP contribution is -2.40. The Morgan fingerprint density at radius 2 is 1.94 bits per heavy atom. The van der Waals surface area contributed by atoms with Crippen LogP contribution >= 0.6 is 10.0 Å². The summed E-state index contributed by atoms with van der Waals surface area (Å²) in [6.07, 6.45) is 6.74. The van der Waals surface area contributed by atoms with Gasteiger partial charge in [0.1, 0.15) is 0 Å². The molecule has 0 aromatic rings. The topological polar surface area (TPSA) is 32.7 Å². The van der Waals surface area contributed by atoms with Crippen molar-refractivity contribution < 1.29 is 9.84 Å². The fourth-order valence-corrected chi connectivity index (χ4v) is 2.04. The molecule has 0 aromatic heterocycles. The normalized spacial score (nSPS) is 21.0. The third-order valence-electron chi connectivity index (χ3n) is 2.29. The van der Waals surface area contributed by atoms with E-state index < -0.39 is 10.0 Å². The van der Waals surface area contributed by atoms with E-state index in [-0.39, 0.29) is 6.10 Å². The summed E-state index contributed by atoms with van der Waals surface area (Å²) in [5, 5.41) is 13.0. The van der Waals surface area contributed by atoms with E-state index in [1.165, 1.54) is 0 Å². The summed E-state index contributed by atoms with van der Waals surface area (Å²) in [4.78, 5) is 2.24. The Hall–Kier alpha value is -0.210. The van der Waals surface area contributed by atoms with Gasteiger partial charge in [0.15, 0.2) is 0 Å². The first kappa shape index (κ1) is 13.9. The second-order valence-electron chi connectivity index (χ2n) is 4.89. The molecule has 94 valence electrons. The van der Waals surface area contributed by atoms with E-state index in [0.29, 0.717) is 6.42 Å². The van der Waals surface area contributed by atoms with E-state index in [2.05, 4.69) is 34.8 Å². The number of morpholine rings is 1. The number of ether oxygens (including phenoxy) is 1. The van der Waals surface area contributed by atoms with Crippen LogP contribution in [0.2, 0.25) is 0 Å². The van der Waals surface area contributed by atoms with Crippen LogP contribution in [0, 0.1) is 11.2 Å². The molecular formula is C12H23NO2S. The highest BCUT2D eigenvalue weighted by Crippen LogP contribution is 2.32. The summed E-state index contributed by atoms with van der Waals surface area (Å²) >= 11 is 0. The van der Waals surface area contributed by atoms with Crippen LogP contribution in [-0.4, -0.2) is 67.7 Å². The van der Waals surface area contributed by atoms with Crippen molar-refractivity contribution in [1.29, 1.82) is 0 Å². The van der Waals surface area contributed by atoms with Gasteiger partial charge in [-0.1, -0.05) is 11.2 Å². The molecule has 16 heavy (non-hydrogen) atoms. The third-order valence-corrected chi connectivity index (χ3v) is 3.05. The summed E-state index contributed by atoms with van der Waals surface area (Å²) in [5.74, 6) is 3.09. The van der Waals surface area contributed by atoms with Crippen LogP contribution in [0.15, 0.2) is 0 Å². The lowest BCUT2D eigenvalue weighted by Gasteiger charge is -2.28. The third kappa shape index (κ3) is 6.39. The number of nitrogens with zero attached hydrogens (tertiary/aromatic N) is 1. The maximum absolute atomic E-state index is 9.82. The van der Waals surface area contributed by atoms with Gasteiger partial charge in [-0.05, 0) is 18.8 Å². The summed E-state index contributed by atoms with van der Waals surface area (Å²) in [7, 11) is -0.759. The highest BCUT2D eigenvalue weighted by molar-refractivity contribution is 8.35. The Morgan fingerprint density at radius 3 is 2.50 bits per heavy atom. The second kappa shape index (κ2) is 6.51. The van der Waals surface area contributed by atoms with E-state index in [0.717, 1.165) is 32.8 Å². The van der Waals surface area contributed by atoms with Gasteiger partial charge in [0.2, 0.25) is 0 Å². The fourth-order valence-electron chi connectivity index (χ4n) is 1.52. The molecule has 0 saturated carbocycles. The molecular weight excluding hydrogens is 222 g/mol. The van der Waals surface area contributed by atoms with Gasteiger partial charge in [0, 0.05) is 26.1 Å². The van der Waals surface area contributed by atoms with Crippen molar-refractivity contribution in [1.82, 2.24) is 4.90 Å². The van der Waals surface area contributed by atoms with Crippen molar-refractivity contribution in [3.05, 3.63) is 0 Å². The van der Waals surface area contributed by atoms with Crippen molar-refractivity contribution in [2.45, 2.75) is 12.5 Å². The largest absolute Gasteiger partial charge is 0.391 e. The standard InChI is InChI=1S/C12H23NO2S/c1-16(2,3)10-4-5-12(14)11-13-6-8-15-9-7-13/h12,14H,5-9,11H2,1-3H3. The van der Waals surface area contributed by atoms with Gasteiger partial charge < -0.3 is 9.84 Å². The Balaban J connectivity index is 2.23. The van der Waals surface area contributed by atoms with Crippen LogP contribution in [0.5, 0.6) is 0 Å². The lowest BCUT2D eigenvalue weighted by atomic mass is 10.2. The average molecular weight is 245 g/mol. The number of aliphatic hydroxyl groups excluding tert-OH is 1. The zero-order chi connectivity index (χ0) is 12.0. The highest BCUT2D eigenvalue weighted by atomic mass is 32.3. The molecule has 1 fully saturated rings.